The van der Waals surface area contributed by atoms with Crippen molar-refractivity contribution in [1.29, 1.82) is 0 Å². The first-order chi connectivity index (χ1) is 9.56. The maximum absolute atomic E-state index is 6.24. The van der Waals surface area contributed by atoms with Crippen LogP contribution in [0.3, 0.4) is 0 Å². The van der Waals surface area contributed by atoms with E-state index in [4.69, 9.17) is 5.73 Å². The number of nitrogens with two attached hydrogens (primary N) is 1. The molecule has 0 radical (unpaired) electrons. The van der Waals surface area contributed by atoms with Crippen molar-refractivity contribution in [3.8, 4) is 0 Å². The van der Waals surface area contributed by atoms with Gasteiger partial charge in [0.1, 0.15) is 0 Å². The van der Waals surface area contributed by atoms with Crippen LogP contribution in [0.4, 0.5) is 0 Å². The molecule has 0 aromatic carbocycles. The molecule has 2 heterocycles. The number of hydrogen-bond acceptors (Lipinski definition) is 4. The van der Waals surface area contributed by atoms with Crippen molar-refractivity contribution in [3.63, 3.8) is 0 Å². The van der Waals surface area contributed by atoms with E-state index in [1.807, 2.05) is 0 Å². The van der Waals surface area contributed by atoms with Crippen molar-refractivity contribution >= 4 is 0 Å². The van der Waals surface area contributed by atoms with Crippen LogP contribution in [0.5, 0.6) is 0 Å². The number of hydrogen-bond donors (Lipinski definition) is 1. The SMILES string of the molecule is CCN(CC)C1CCN(C2(CN)CCN(C)C(C)C2)C1. The zero-order valence-corrected chi connectivity index (χ0v) is 13.9. The van der Waals surface area contributed by atoms with Gasteiger partial charge in [0.2, 0.25) is 0 Å². The van der Waals surface area contributed by atoms with Gasteiger partial charge >= 0.3 is 0 Å². The third kappa shape index (κ3) is 3.03. The minimum Gasteiger partial charge on any atom is -0.329 e. The molecule has 4 heteroatoms. The van der Waals surface area contributed by atoms with Crippen LogP contribution >= 0.6 is 0 Å². The summed E-state index contributed by atoms with van der Waals surface area (Å²) in [7, 11) is 2.24. The summed E-state index contributed by atoms with van der Waals surface area (Å²) in [5, 5.41) is 0. The van der Waals surface area contributed by atoms with Gasteiger partial charge in [0.05, 0.1) is 0 Å². The molecule has 2 aliphatic heterocycles. The molecule has 0 amide bonds. The second kappa shape index (κ2) is 6.73. The van der Waals surface area contributed by atoms with Gasteiger partial charge in [-0.25, -0.2) is 0 Å². The van der Waals surface area contributed by atoms with Gasteiger partial charge in [-0.3, -0.25) is 9.80 Å². The summed E-state index contributed by atoms with van der Waals surface area (Å²) < 4.78 is 0. The molecule has 0 aliphatic carbocycles. The van der Waals surface area contributed by atoms with E-state index in [1.54, 1.807) is 0 Å². The summed E-state index contributed by atoms with van der Waals surface area (Å²) in [5.74, 6) is 0. The summed E-state index contributed by atoms with van der Waals surface area (Å²) in [6.45, 7) is 13.7. The van der Waals surface area contributed by atoms with Crippen molar-refractivity contribution in [3.05, 3.63) is 0 Å². The third-order valence-corrected chi connectivity index (χ3v) is 5.90. The molecule has 118 valence electrons. The highest BCUT2D eigenvalue weighted by Crippen LogP contribution is 2.34. The molecule has 0 bridgehead atoms. The van der Waals surface area contributed by atoms with Crippen LogP contribution < -0.4 is 5.73 Å². The first-order valence-corrected chi connectivity index (χ1v) is 8.45. The first kappa shape index (κ1) is 16.2. The molecule has 0 saturated carbocycles. The van der Waals surface area contributed by atoms with Crippen LogP contribution in [-0.2, 0) is 0 Å². The Morgan fingerprint density at radius 3 is 2.50 bits per heavy atom. The van der Waals surface area contributed by atoms with Gasteiger partial charge in [0, 0.05) is 37.3 Å². The summed E-state index contributed by atoms with van der Waals surface area (Å²) in [5.41, 5.74) is 6.50. The molecule has 3 atom stereocenters. The monoisotopic (exact) mass is 282 g/mol. The van der Waals surface area contributed by atoms with Crippen LogP contribution in [-0.4, -0.2) is 78.6 Å². The fraction of sp³-hybridized carbons (Fsp3) is 1.00. The predicted molar refractivity (Wildman–Crippen MR) is 86.0 cm³/mol. The molecular formula is C16H34N4. The second-order valence-electron chi connectivity index (χ2n) is 6.82. The lowest BCUT2D eigenvalue weighted by atomic mass is 9.82. The maximum Gasteiger partial charge on any atom is 0.0359 e. The van der Waals surface area contributed by atoms with Crippen molar-refractivity contribution in [2.75, 3.05) is 46.3 Å². The molecule has 0 aromatic heterocycles. The molecule has 2 aliphatic rings. The van der Waals surface area contributed by atoms with E-state index in [1.165, 1.54) is 52.0 Å². The van der Waals surface area contributed by atoms with Gasteiger partial charge in [-0.1, -0.05) is 13.8 Å². The van der Waals surface area contributed by atoms with Crippen LogP contribution in [0.1, 0.15) is 40.0 Å². The quantitative estimate of drug-likeness (QED) is 0.822. The molecule has 0 spiro atoms. The summed E-state index contributed by atoms with van der Waals surface area (Å²) in [6.07, 6.45) is 3.77. The van der Waals surface area contributed by atoms with Gasteiger partial charge in [-0.05, 0) is 52.9 Å². The molecule has 20 heavy (non-hydrogen) atoms. The molecular weight excluding hydrogens is 248 g/mol. The summed E-state index contributed by atoms with van der Waals surface area (Å²) in [6, 6.07) is 1.39. The zero-order valence-electron chi connectivity index (χ0n) is 13.9. The predicted octanol–water partition coefficient (Wildman–Crippen LogP) is 1.21. The van der Waals surface area contributed by atoms with Crippen molar-refractivity contribution < 1.29 is 0 Å². The fourth-order valence-electron chi connectivity index (χ4n) is 4.23. The van der Waals surface area contributed by atoms with Gasteiger partial charge < -0.3 is 10.6 Å². The third-order valence-electron chi connectivity index (χ3n) is 5.90. The Hall–Kier alpha value is -0.160. The van der Waals surface area contributed by atoms with Gasteiger partial charge in [0.15, 0.2) is 0 Å². The molecule has 2 saturated heterocycles. The van der Waals surface area contributed by atoms with E-state index in [0.29, 0.717) is 6.04 Å². The Labute approximate surface area is 125 Å². The van der Waals surface area contributed by atoms with Gasteiger partial charge in [-0.2, -0.15) is 0 Å². The highest BCUT2D eigenvalue weighted by atomic mass is 15.3. The Balaban J connectivity index is 2.03. The average molecular weight is 282 g/mol. The number of nitrogens with zero attached hydrogens (tertiary/aromatic N) is 3. The standard InChI is InChI=1S/C16H34N4/c1-5-19(6-2)15-7-9-20(12-15)16(13-17)8-10-18(4)14(3)11-16/h14-15H,5-13,17H2,1-4H3. The van der Waals surface area contributed by atoms with E-state index in [9.17, 15) is 0 Å². The molecule has 4 nitrogen and oxygen atoms in total. The lowest BCUT2D eigenvalue weighted by Gasteiger charge is -2.49. The molecule has 2 rings (SSSR count). The normalized spacial score (nSPS) is 36.9. The fourth-order valence-corrected chi connectivity index (χ4v) is 4.23. The lowest BCUT2D eigenvalue weighted by molar-refractivity contribution is 0.0207. The van der Waals surface area contributed by atoms with E-state index in [0.717, 1.165) is 12.6 Å². The van der Waals surface area contributed by atoms with Crippen LogP contribution in [0.25, 0.3) is 0 Å². The van der Waals surface area contributed by atoms with E-state index < -0.39 is 0 Å². The molecule has 3 unspecified atom stereocenters. The zero-order chi connectivity index (χ0) is 14.8. The first-order valence-electron chi connectivity index (χ1n) is 8.45. The van der Waals surface area contributed by atoms with Gasteiger partial charge in [0.25, 0.3) is 0 Å². The van der Waals surface area contributed by atoms with E-state index >= 15 is 0 Å². The maximum atomic E-state index is 6.24. The van der Waals surface area contributed by atoms with Crippen molar-refractivity contribution in [2.45, 2.75) is 57.7 Å². The van der Waals surface area contributed by atoms with E-state index in [-0.39, 0.29) is 5.54 Å². The average Bonchev–Trinajstić information content (AvgIpc) is 2.94. The minimum atomic E-state index is 0.258. The van der Waals surface area contributed by atoms with Crippen molar-refractivity contribution in [2.24, 2.45) is 5.73 Å². The van der Waals surface area contributed by atoms with Crippen molar-refractivity contribution in [1.82, 2.24) is 14.7 Å². The Kier molecular flexibility index (Phi) is 5.46. The number of piperidine rings is 1. The van der Waals surface area contributed by atoms with Crippen LogP contribution in [0, 0.1) is 0 Å². The second-order valence-corrected chi connectivity index (χ2v) is 6.82. The topological polar surface area (TPSA) is 35.7 Å². The summed E-state index contributed by atoms with van der Waals surface area (Å²) >= 11 is 0. The molecule has 2 fully saturated rings. The van der Waals surface area contributed by atoms with E-state index in [2.05, 4.69) is 42.5 Å². The number of rotatable bonds is 5. The lowest BCUT2D eigenvalue weighted by Crippen LogP contribution is -2.60. The van der Waals surface area contributed by atoms with Crippen LogP contribution in [0.2, 0.25) is 0 Å². The molecule has 2 N–H and O–H groups in total. The smallest absolute Gasteiger partial charge is 0.0359 e. The highest BCUT2D eigenvalue weighted by molar-refractivity contribution is 5.02. The number of likely N-dealkylation sites (N-methyl/N-ethyl adjacent to an activating group) is 1. The van der Waals surface area contributed by atoms with Gasteiger partial charge in [-0.15, -0.1) is 0 Å². The largest absolute Gasteiger partial charge is 0.329 e. The number of likely N-dealkylation sites (tertiary alicyclic amines) is 2. The Morgan fingerprint density at radius 2 is 1.95 bits per heavy atom. The Morgan fingerprint density at radius 1 is 1.25 bits per heavy atom. The highest BCUT2D eigenvalue weighted by Gasteiger charge is 2.44. The minimum absolute atomic E-state index is 0.258. The summed E-state index contributed by atoms with van der Waals surface area (Å²) in [4.78, 5) is 7.81. The Bertz CT molecular complexity index is 305. The van der Waals surface area contributed by atoms with Crippen LogP contribution in [0.15, 0.2) is 0 Å². The molecule has 0 aromatic rings.